The number of ether oxygens (including phenoxy) is 3. The monoisotopic (exact) mass is 407 g/mol. The van der Waals surface area contributed by atoms with Crippen LogP contribution in [0.15, 0.2) is 60.7 Å². The van der Waals surface area contributed by atoms with Crippen LogP contribution in [0.5, 0.6) is 17.4 Å². The molecule has 6 heteroatoms. The number of hydrogen-bond donors (Lipinski definition) is 1. The van der Waals surface area contributed by atoms with E-state index in [1.54, 1.807) is 14.2 Å². The molecule has 0 radical (unpaired) electrons. The summed E-state index contributed by atoms with van der Waals surface area (Å²) in [6.07, 6.45) is 0.900. The van der Waals surface area contributed by atoms with E-state index >= 15 is 0 Å². The van der Waals surface area contributed by atoms with E-state index in [4.69, 9.17) is 19.3 Å². The van der Waals surface area contributed by atoms with Gasteiger partial charge in [-0.15, -0.1) is 0 Å². The van der Waals surface area contributed by atoms with Gasteiger partial charge in [-0.1, -0.05) is 30.3 Å². The predicted octanol–water partition coefficient (Wildman–Crippen LogP) is 3.49. The highest BCUT2D eigenvalue weighted by Crippen LogP contribution is 2.28. The number of Topliss-reactive ketones (excluding diaryl/α,β-unsaturated/α-hetero) is 1. The summed E-state index contributed by atoms with van der Waals surface area (Å²) in [6, 6.07) is 19.0. The molecule has 1 N–H and O–H groups in total. The lowest BCUT2D eigenvalue weighted by molar-refractivity contribution is -0.121. The maximum atomic E-state index is 11.5. The molecule has 1 heterocycles. The molecule has 0 unspecified atom stereocenters. The average molecular weight is 407 g/mol. The van der Waals surface area contributed by atoms with E-state index < -0.39 is 6.61 Å². The number of carbonyl (C=O) groups is 1. The third kappa shape index (κ3) is 5.58. The minimum atomic E-state index is -0.453. The Morgan fingerprint density at radius 1 is 0.933 bits per heavy atom. The number of benzene rings is 2. The van der Waals surface area contributed by atoms with Crippen LogP contribution in [0.4, 0.5) is 0 Å². The van der Waals surface area contributed by atoms with Gasteiger partial charge in [0.05, 0.1) is 26.5 Å². The molecular weight excluding hydrogens is 382 g/mol. The Bertz CT molecular complexity index is 1000. The van der Waals surface area contributed by atoms with Crippen molar-refractivity contribution >= 4 is 5.78 Å². The molecule has 0 aliphatic carbocycles. The fourth-order valence-corrected chi connectivity index (χ4v) is 3.09. The summed E-state index contributed by atoms with van der Waals surface area (Å²) >= 11 is 0. The Morgan fingerprint density at radius 2 is 1.73 bits per heavy atom. The smallest absolute Gasteiger partial charge is 0.213 e. The minimum Gasteiger partial charge on any atom is -0.493 e. The third-order valence-electron chi connectivity index (χ3n) is 4.61. The van der Waals surface area contributed by atoms with E-state index in [1.165, 1.54) is 0 Å². The number of nitrogens with zero attached hydrogens (tertiary/aromatic N) is 1. The molecule has 2 aromatic carbocycles. The number of hydrogen-bond acceptors (Lipinski definition) is 6. The number of aromatic nitrogens is 1. The van der Waals surface area contributed by atoms with Crippen LogP contribution in [-0.2, 0) is 17.6 Å². The molecule has 0 aliphatic rings. The van der Waals surface area contributed by atoms with Crippen molar-refractivity contribution in [1.82, 2.24) is 4.98 Å². The van der Waals surface area contributed by atoms with Crippen molar-refractivity contribution in [1.29, 1.82) is 0 Å². The van der Waals surface area contributed by atoms with Gasteiger partial charge in [0.15, 0.2) is 17.3 Å². The summed E-state index contributed by atoms with van der Waals surface area (Å²) in [5.41, 5.74) is 3.57. The molecule has 0 aliphatic heterocycles. The molecule has 3 rings (SSSR count). The fourth-order valence-electron chi connectivity index (χ4n) is 3.09. The summed E-state index contributed by atoms with van der Waals surface area (Å²) < 4.78 is 16.4. The van der Waals surface area contributed by atoms with Gasteiger partial charge in [0.1, 0.15) is 6.61 Å². The van der Waals surface area contributed by atoms with E-state index in [9.17, 15) is 4.79 Å². The number of aliphatic hydroxyl groups excluding tert-OH is 1. The van der Waals surface area contributed by atoms with Crippen molar-refractivity contribution < 1.29 is 24.1 Å². The van der Waals surface area contributed by atoms with Crippen molar-refractivity contribution in [3.05, 3.63) is 71.8 Å². The molecule has 0 fully saturated rings. The van der Waals surface area contributed by atoms with Crippen LogP contribution in [0.25, 0.3) is 11.3 Å². The first-order valence-electron chi connectivity index (χ1n) is 9.65. The topological polar surface area (TPSA) is 77.9 Å². The lowest BCUT2D eigenvalue weighted by Gasteiger charge is -2.11. The number of methoxy groups -OCH3 is 2. The molecule has 0 atom stereocenters. The first-order chi connectivity index (χ1) is 14.6. The first kappa shape index (κ1) is 21.3. The second kappa shape index (κ2) is 10.4. The van der Waals surface area contributed by atoms with Crippen molar-refractivity contribution in [2.75, 3.05) is 27.4 Å². The van der Waals surface area contributed by atoms with Crippen molar-refractivity contribution in [2.45, 2.75) is 12.8 Å². The van der Waals surface area contributed by atoms with Crippen LogP contribution in [0.1, 0.15) is 11.1 Å². The molecule has 6 nitrogen and oxygen atoms in total. The molecule has 0 amide bonds. The van der Waals surface area contributed by atoms with Gasteiger partial charge in [0.25, 0.3) is 0 Å². The maximum Gasteiger partial charge on any atom is 0.213 e. The summed E-state index contributed by atoms with van der Waals surface area (Å²) in [5.74, 6) is 1.70. The predicted molar refractivity (Wildman–Crippen MR) is 114 cm³/mol. The zero-order valence-electron chi connectivity index (χ0n) is 17.1. The highest BCUT2D eigenvalue weighted by molar-refractivity contribution is 5.82. The maximum absolute atomic E-state index is 11.5. The van der Waals surface area contributed by atoms with E-state index in [1.807, 2.05) is 60.7 Å². The zero-order chi connectivity index (χ0) is 21.3. The van der Waals surface area contributed by atoms with Gasteiger partial charge in [-0.25, -0.2) is 4.98 Å². The second-order valence-corrected chi connectivity index (χ2v) is 6.72. The number of ketones is 1. The zero-order valence-corrected chi connectivity index (χ0v) is 17.1. The molecular formula is C24H25NO5. The number of carbonyl (C=O) groups excluding carboxylic acids is 1. The van der Waals surface area contributed by atoms with E-state index in [0.717, 1.165) is 22.4 Å². The van der Waals surface area contributed by atoms with Gasteiger partial charge in [-0.3, -0.25) is 4.79 Å². The molecule has 30 heavy (non-hydrogen) atoms. The van der Waals surface area contributed by atoms with Gasteiger partial charge >= 0.3 is 0 Å². The highest BCUT2D eigenvalue weighted by atomic mass is 16.5. The normalized spacial score (nSPS) is 10.5. The lowest BCUT2D eigenvalue weighted by atomic mass is 10.0. The molecule has 0 saturated heterocycles. The first-order valence-corrected chi connectivity index (χ1v) is 9.65. The molecule has 0 spiro atoms. The van der Waals surface area contributed by atoms with E-state index in [0.29, 0.717) is 30.4 Å². The van der Waals surface area contributed by atoms with Gasteiger partial charge in [0.2, 0.25) is 5.88 Å². The highest BCUT2D eigenvalue weighted by Gasteiger charge is 2.07. The fraction of sp³-hybridized carbons (Fsp3) is 0.250. The minimum absolute atomic E-state index is 0.200. The van der Waals surface area contributed by atoms with Gasteiger partial charge in [-0.2, -0.15) is 0 Å². The van der Waals surface area contributed by atoms with Crippen LogP contribution in [0.3, 0.4) is 0 Å². The summed E-state index contributed by atoms with van der Waals surface area (Å²) in [4.78, 5) is 16.1. The van der Waals surface area contributed by atoms with Crippen LogP contribution < -0.4 is 14.2 Å². The van der Waals surface area contributed by atoms with Gasteiger partial charge in [-0.05, 0) is 35.4 Å². The summed E-state index contributed by atoms with van der Waals surface area (Å²) in [5, 5.41) is 8.95. The van der Waals surface area contributed by atoms with Crippen molar-refractivity contribution in [3.8, 4) is 28.6 Å². The van der Waals surface area contributed by atoms with Crippen molar-refractivity contribution in [2.24, 2.45) is 0 Å². The van der Waals surface area contributed by atoms with Crippen LogP contribution in [-0.4, -0.2) is 43.3 Å². The van der Waals surface area contributed by atoms with Crippen LogP contribution in [0.2, 0.25) is 0 Å². The Labute approximate surface area is 176 Å². The number of rotatable bonds is 10. The summed E-state index contributed by atoms with van der Waals surface area (Å²) in [7, 11) is 3.22. The third-order valence-corrected chi connectivity index (χ3v) is 4.61. The van der Waals surface area contributed by atoms with Crippen LogP contribution >= 0.6 is 0 Å². The molecule has 1 aromatic heterocycles. The lowest BCUT2D eigenvalue weighted by Crippen LogP contribution is -2.07. The number of pyridine rings is 1. The van der Waals surface area contributed by atoms with Crippen LogP contribution in [0, 0.1) is 0 Å². The number of aliphatic hydroxyl groups is 1. The molecule has 0 saturated carbocycles. The quantitative estimate of drug-likeness (QED) is 0.554. The Hall–Kier alpha value is -3.38. The Kier molecular flexibility index (Phi) is 7.40. The Balaban J connectivity index is 1.65. The van der Waals surface area contributed by atoms with E-state index in [2.05, 4.69) is 4.98 Å². The summed E-state index contributed by atoms with van der Waals surface area (Å²) in [6.45, 7) is 0.0167. The second-order valence-electron chi connectivity index (χ2n) is 6.72. The van der Waals surface area contributed by atoms with Crippen molar-refractivity contribution in [3.63, 3.8) is 0 Å². The molecule has 0 bridgehead atoms. The van der Waals surface area contributed by atoms with E-state index in [-0.39, 0.29) is 12.2 Å². The van der Waals surface area contributed by atoms with Gasteiger partial charge < -0.3 is 19.3 Å². The Morgan fingerprint density at radius 3 is 2.50 bits per heavy atom. The largest absolute Gasteiger partial charge is 0.493 e. The standard InChI is InChI=1S/C24H25NO5/c1-28-22-10-9-17(15-23(22)29-2)11-12-30-24-8-4-7-21(25-24)19-6-3-5-18(13-19)14-20(27)16-26/h3-10,13,15,26H,11-12,14,16H2,1-2H3. The average Bonchev–Trinajstić information content (AvgIpc) is 2.79. The molecule has 3 aromatic rings. The van der Waals surface area contributed by atoms with Gasteiger partial charge in [0, 0.05) is 24.5 Å². The SMILES string of the molecule is COc1ccc(CCOc2cccc(-c3cccc(CC(=O)CO)c3)n2)cc1OC. The molecule has 156 valence electrons.